The third-order valence-electron chi connectivity index (χ3n) is 4.54. The quantitative estimate of drug-likeness (QED) is 0.368. The molecular formula is C23H22N6O. The summed E-state index contributed by atoms with van der Waals surface area (Å²) in [5.41, 5.74) is 4.56. The predicted molar refractivity (Wildman–Crippen MR) is 118 cm³/mol. The molecule has 0 saturated heterocycles. The van der Waals surface area contributed by atoms with Crippen LogP contribution in [0.5, 0.6) is 0 Å². The molecule has 0 unspecified atom stereocenters. The van der Waals surface area contributed by atoms with Gasteiger partial charge in [0, 0.05) is 25.2 Å². The molecule has 7 nitrogen and oxygen atoms in total. The number of amides is 1. The van der Waals surface area contributed by atoms with E-state index in [1.54, 1.807) is 31.4 Å². The van der Waals surface area contributed by atoms with Crippen LogP contribution in [0.4, 0.5) is 16.2 Å². The Morgan fingerprint density at radius 3 is 2.47 bits per heavy atom. The number of benzene rings is 3. The van der Waals surface area contributed by atoms with Crippen molar-refractivity contribution in [1.82, 2.24) is 14.8 Å². The van der Waals surface area contributed by atoms with E-state index in [2.05, 4.69) is 32.9 Å². The third-order valence-corrected chi connectivity index (χ3v) is 4.54. The van der Waals surface area contributed by atoms with E-state index in [0.717, 1.165) is 17.5 Å². The minimum atomic E-state index is -0.316. The van der Waals surface area contributed by atoms with Gasteiger partial charge in [-0.05, 0) is 47.9 Å². The van der Waals surface area contributed by atoms with Gasteiger partial charge in [-0.3, -0.25) is 5.01 Å². The van der Waals surface area contributed by atoms with Crippen LogP contribution < -0.4 is 5.32 Å². The van der Waals surface area contributed by atoms with Gasteiger partial charge in [0.1, 0.15) is 0 Å². The molecule has 0 spiro atoms. The smallest absolute Gasteiger partial charge is 0.306 e. The molecule has 0 saturated carbocycles. The number of nitrogens with zero attached hydrogens (tertiary/aromatic N) is 5. The molecule has 1 heterocycles. The van der Waals surface area contributed by atoms with E-state index in [0.29, 0.717) is 11.2 Å². The number of hydrogen-bond donors (Lipinski definition) is 1. The van der Waals surface area contributed by atoms with E-state index >= 15 is 0 Å². The lowest BCUT2D eigenvalue weighted by atomic mass is 10.0. The van der Waals surface area contributed by atoms with E-state index in [9.17, 15) is 4.79 Å². The summed E-state index contributed by atoms with van der Waals surface area (Å²) in [5, 5.41) is 17.7. The Hall–Kier alpha value is -4.00. The number of carbonyl (C=O) groups is 1. The molecule has 1 amide bonds. The zero-order valence-electron chi connectivity index (χ0n) is 16.9. The molecule has 0 aliphatic heterocycles. The lowest BCUT2D eigenvalue weighted by molar-refractivity contribution is 0.252. The highest BCUT2D eigenvalue weighted by atomic mass is 16.2. The van der Waals surface area contributed by atoms with Crippen molar-refractivity contribution in [3.05, 3.63) is 90.1 Å². The van der Waals surface area contributed by atoms with Crippen molar-refractivity contribution in [3.63, 3.8) is 0 Å². The fraction of sp³-hybridized carbons (Fsp3) is 0.130. The fourth-order valence-corrected chi connectivity index (χ4v) is 3.10. The molecule has 1 aromatic heterocycles. The minimum absolute atomic E-state index is 0.316. The summed E-state index contributed by atoms with van der Waals surface area (Å²) < 4.78 is 1.35. The molecule has 3 aromatic carbocycles. The number of hydrogen-bond acceptors (Lipinski definition) is 4. The molecule has 1 N–H and O–H groups in total. The second-order valence-electron chi connectivity index (χ2n) is 7.13. The van der Waals surface area contributed by atoms with Gasteiger partial charge < -0.3 is 5.32 Å². The minimum Gasteiger partial charge on any atom is -0.306 e. The van der Waals surface area contributed by atoms with Crippen LogP contribution in [0.1, 0.15) is 11.1 Å². The zero-order valence-corrected chi connectivity index (χ0v) is 16.9. The molecule has 0 bridgehead atoms. The monoisotopic (exact) mass is 398 g/mol. The summed E-state index contributed by atoms with van der Waals surface area (Å²) in [5.74, 6) is 0. The first-order chi connectivity index (χ1) is 14.6. The Morgan fingerprint density at radius 2 is 1.73 bits per heavy atom. The number of rotatable bonds is 5. The van der Waals surface area contributed by atoms with Gasteiger partial charge >= 0.3 is 6.03 Å². The van der Waals surface area contributed by atoms with E-state index in [-0.39, 0.29) is 6.03 Å². The average molecular weight is 398 g/mol. The SMILES string of the molecule is CN(C)N=Nc1ccc2c(cnn2C(=O)Nc2ccc(Cc3ccccc3)cc2)c1. The van der Waals surface area contributed by atoms with Crippen molar-refractivity contribution in [1.29, 1.82) is 0 Å². The van der Waals surface area contributed by atoms with Gasteiger partial charge in [-0.15, -0.1) is 5.11 Å². The first kappa shape index (κ1) is 19.3. The Labute approximate surface area is 174 Å². The van der Waals surface area contributed by atoms with Crippen LogP contribution in [0.2, 0.25) is 0 Å². The van der Waals surface area contributed by atoms with Crippen LogP contribution in [-0.2, 0) is 6.42 Å². The van der Waals surface area contributed by atoms with Crippen molar-refractivity contribution < 1.29 is 4.79 Å². The standard InChI is InChI=1S/C23H22N6O/c1-28(2)27-26-21-12-13-22-19(15-21)16-24-29(22)23(30)25-20-10-8-18(9-11-20)14-17-6-4-3-5-7-17/h3-13,15-16H,14H2,1-2H3,(H,25,30). The van der Waals surface area contributed by atoms with Gasteiger partial charge in [0.05, 0.1) is 17.4 Å². The molecule has 30 heavy (non-hydrogen) atoms. The van der Waals surface area contributed by atoms with Crippen LogP contribution in [0.15, 0.2) is 89.3 Å². The summed E-state index contributed by atoms with van der Waals surface area (Å²) in [6, 6.07) is 23.3. The Morgan fingerprint density at radius 1 is 1.00 bits per heavy atom. The van der Waals surface area contributed by atoms with Gasteiger partial charge in [-0.1, -0.05) is 47.7 Å². The molecule has 7 heteroatoms. The van der Waals surface area contributed by atoms with Crippen LogP contribution in [0.25, 0.3) is 10.9 Å². The second-order valence-corrected chi connectivity index (χ2v) is 7.13. The van der Waals surface area contributed by atoms with Crippen molar-refractivity contribution in [3.8, 4) is 0 Å². The third kappa shape index (κ3) is 4.52. The summed E-state index contributed by atoms with van der Waals surface area (Å²) in [4.78, 5) is 12.7. The number of aromatic nitrogens is 2. The molecular weight excluding hydrogens is 376 g/mol. The van der Waals surface area contributed by atoms with Crippen LogP contribution >= 0.6 is 0 Å². The molecule has 0 radical (unpaired) electrons. The van der Waals surface area contributed by atoms with E-state index in [4.69, 9.17) is 0 Å². The van der Waals surface area contributed by atoms with Crippen molar-refractivity contribution in [2.24, 2.45) is 10.3 Å². The summed E-state index contributed by atoms with van der Waals surface area (Å²) in [6.45, 7) is 0. The maximum absolute atomic E-state index is 12.7. The highest BCUT2D eigenvalue weighted by Gasteiger charge is 2.11. The lowest BCUT2D eigenvalue weighted by Gasteiger charge is -2.08. The first-order valence-electron chi connectivity index (χ1n) is 9.59. The molecule has 4 rings (SSSR count). The van der Waals surface area contributed by atoms with Crippen LogP contribution in [-0.4, -0.2) is 34.9 Å². The van der Waals surface area contributed by atoms with Crippen LogP contribution in [0.3, 0.4) is 0 Å². The van der Waals surface area contributed by atoms with Crippen molar-refractivity contribution in [2.75, 3.05) is 19.4 Å². The number of anilines is 1. The summed E-state index contributed by atoms with van der Waals surface area (Å²) >= 11 is 0. The molecule has 150 valence electrons. The summed E-state index contributed by atoms with van der Waals surface area (Å²) in [6.07, 6.45) is 2.50. The average Bonchev–Trinajstić information content (AvgIpc) is 3.18. The highest BCUT2D eigenvalue weighted by Crippen LogP contribution is 2.22. The zero-order chi connectivity index (χ0) is 20.9. The maximum atomic E-state index is 12.7. The van der Waals surface area contributed by atoms with Gasteiger partial charge in [0.15, 0.2) is 0 Å². The molecule has 0 fully saturated rings. The van der Waals surface area contributed by atoms with E-state index in [1.807, 2.05) is 54.6 Å². The van der Waals surface area contributed by atoms with Crippen molar-refractivity contribution in [2.45, 2.75) is 6.42 Å². The maximum Gasteiger partial charge on any atom is 0.347 e. The largest absolute Gasteiger partial charge is 0.347 e. The molecule has 0 aliphatic rings. The Balaban J connectivity index is 1.46. The van der Waals surface area contributed by atoms with Gasteiger partial charge in [-0.2, -0.15) is 9.78 Å². The van der Waals surface area contributed by atoms with Crippen LogP contribution in [0, 0.1) is 0 Å². The topological polar surface area (TPSA) is 74.9 Å². The number of fused-ring (bicyclic) bond motifs is 1. The van der Waals surface area contributed by atoms with Gasteiger partial charge in [0.25, 0.3) is 0 Å². The van der Waals surface area contributed by atoms with Gasteiger partial charge in [-0.25, -0.2) is 4.79 Å². The number of nitrogens with one attached hydrogen (secondary N) is 1. The summed E-state index contributed by atoms with van der Waals surface area (Å²) in [7, 11) is 3.61. The Bertz CT molecular complexity index is 1180. The lowest BCUT2D eigenvalue weighted by Crippen LogP contribution is -2.20. The first-order valence-corrected chi connectivity index (χ1v) is 9.59. The predicted octanol–water partition coefficient (Wildman–Crippen LogP) is 5.27. The van der Waals surface area contributed by atoms with E-state index in [1.165, 1.54) is 15.8 Å². The van der Waals surface area contributed by atoms with Crippen molar-refractivity contribution >= 4 is 28.3 Å². The molecule has 4 aromatic rings. The van der Waals surface area contributed by atoms with E-state index < -0.39 is 0 Å². The van der Waals surface area contributed by atoms with Gasteiger partial charge in [0.2, 0.25) is 0 Å². The number of carbonyl (C=O) groups excluding carboxylic acids is 1. The molecule has 0 aliphatic carbocycles. The highest BCUT2D eigenvalue weighted by molar-refractivity contribution is 5.97. The Kier molecular flexibility index (Phi) is 5.52. The second kappa shape index (κ2) is 8.57. The normalized spacial score (nSPS) is 11.1. The fourth-order valence-electron chi connectivity index (χ4n) is 3.10. The molecule has 0 atom stereocenters.